The third-order valence-corrected chi connectivity index (χ3v) is 4.21. The van der Waals surface area contributed by atoms with Crippen LogP contribution >= 0.6 is 10.7 Å². The van der Waals surface area contributed by atoms with Gasteiger partial charge in [0.25, 0.3) is 9.05 Å². The Labute approximate surface area is 127 Å². The lowest BCUT2D eigenvalue weighted by atomic mass is 10.2. The van der Waals surface area contributed by atoms with E-state index in [2.05, 4.69) is 4.98 Å². The molecular weight excluding hydrogens is 314 g/mol. The average Bonchev–Trinajstić information content (AvgIpc) is 2.45. The van der Waals surface area contributed by atoms with E-state index in [1.807, 2.05) is 6.07 Å². The SMILES string of the molecule is COc1ncccc1COc1ccc(S(=O)(=O)Cl)cc1C. The van der Waals surface area contributed by atoms with E-state index in [0.717, 1.165) is 5.56 Å². The Morgan fingerprint density at radius 2 is 2.05 bits per heavy atom. The maximum atomic E-state index is 11.3. The van der Waals surface area contributed by atoms with E-state index in [0.29, 0.717) is 17.2 Å². The van der Waals surface area contributed by atoms with Crippen LogP contribution < -0.4 is 9.47 Å². The number of aryl methyl sites for hydroxylation is 1. The van der Waals surface area contributed by atoms with Crippen LogP contribution in [-0.2, 0) is 15.7 Å². The molecule has 112 valence electrons. The zero-order valence-corrected chi connectivity index (χ0v) is 13.1. The summed E-state index contributed by atoms with van der Waals surface area (Å²) in [5.74, 6) is 1.07. The normalized spacial score (nSPS) is 11.2. The summed E-state index contributed by atoms with van der Waals surface area (Å²) in [5, 5.41) is 0. The first-order valence-corrected chi connectivity index (χ1v) is 8.39. The van der Waals surface area contributed by atoms with Crippen molar-refractivity contribution in [2.75, 3.05) is 7.11 Å². The van der Waals surface area contributed by atoms with Crippen molar-refractivity contribution in [3.8, 4) is 11.6 Å². The fourth-order valence-corrected chi connectivity index (χ4v) is 2.64. The molecule has 7 heteroatoms. The van der Waals surface area contributed by atoms with Gasteiger partial charge in [-0.1, -0.05) is 0 Å². The molecule has 0 aliphatic heterocycles. The summed E-state index contributed by atoms with van der Waals surface area (Å²) in [4.78, 5) is 4.13. The first kappa shape index (κ1) is 15.6. The van der Waals surface area contributed by atoms with Crippen molar-refractivity contribution in [2.24, 2.45) is 0 Å². The third kappa shape index (κ3) is 3.86. The van der Waals surface area contributed by atoms with E-state index in [-0.39, 0.29) is 11.5 Å². The number of methoxy groups -OCH3 is 1. The predicted molar refractivity (Wildman–Crippen MR) is 79.3 cm³/mol. The average molecular weight is 328 g/mol. The highest BCUT2D eigenvalue weighted by Gasteiger charge is 2.12. The molecule has 0 bridgehead atoms. The van der Waals surface area contributed by atoms with Gasteiger partial charge in [0.2, 0.25) is 5.88 Å². The second kappa shape index (κ2) is 6.32. The molecule has 2 rings (SSSR count). The highest BCUT2D eigenvalue weighted by Crippen LogP contribution is 2.25. The molecule has 0 atom stereocenters. The van der Waals surface area contributed by atoms with Gasteiger partial charge in [0.15, 0.2) is 0 Å². The molecule has 0 fully saturated rings. The zero-order valence-electron chi connectivity index (χ0n) is 11.5. The largest absolute Gasteiger partial charge is 0.488 e. The number of halogens is 1. The van der Waals surface area contributed by atoms with E-state index >= 15 is 0 Å². The summed E-state index contributed by atoms with van der Waals surface area (Å²) in [5.41, 5.74) is 1.48. The maximum absolute atomic E-state index is 11.3. The number of rotatable bonds is 5. The second-order valence-electron chi connectivity index (χ2n) is 4.33. The third-order valence-electron chi connectivity index (χ3n) is 2.85. The molecule has 1 aromatic carbocycles. The van der Waals surface area contributed by atoms with Gasteiger partial charge in [-0.25, -0.2) is 13.4 Å². The smallest absolute Gasteiger partial charge is 0.261 e. The molecule has 5 nitrogen and oxygen atoms in total. The van der Waals surface area contributed by atoms with Gasteiger partial charge < -0.3 is 9.47 Å². The number of aromatic nitrogens is 1. The summed E-state index contributed by atoms with van der Waals surface area (Å²) >= 11 is 0. The Morgan fingerprint density at radius 3 is 2.67 bits per heavy atom. The standard InChI is InChI=1S/C14H14ClNO4S/c1-10-8-12(21(15,17)18)5-6-13(10)20-9-11-4-3-7-16-14(11)19-2/h3-8H,9H2,1-2H3. The quantitative estimate of drug-likeness (QED) is 0.790. The lowest BCUT2D eigenvalue weighted by molar-refractivity contribution is 0.292. The van der Waals surface area contributed by atoms with Gasteiger partial charge in [0, 0.05) is 16.9 Å². The summed E-state index contributed by atoms with van der Waals surface area (Å²) in [6, 6.07) is 8.09. The van der Waals surface area contributed by atoms with Crippen molar-refractivity contribution >= 4 is 19.7 Å². The summed E-state index contributed by atoms with van der Waals surface area (Å²) in [7, 11) is 3.11. The van der Waals surface area contributed by atoms with Gasteiger partial charge in [-0.05, 0) is 42.8 Å². The minimum Gasteiger partial charge on any atom is -0.488 e. The predicted octanol–water partition coefficient (Wildman–Crippen LogP) is 2.91. The van der Waals surface area contributed by atoms with Crippen LogP contribution in [0.2, 0.25) is 0 Å². The zero-order chi connectivity index (χ0) is 15.5. The van der Waals surface area contributed by atoms with Gasteiger partial charge in [-0.3, -0.25) is 0 Å². The minimum atomic E-state index is -3.73. The molecule has 0 amide bonds. The van der Waals surface area contributed by atoms with Crippen LogP contribution in [0, 0.1) is 6.92 Å². The number of hydrogen-bond donors (Lipinski definition) is 0. The van der Waals surface area contributed by atoms with Crippen molar-refractivity contribution in [3.05, 3.63) is 47.7 Å². The van der Waals surface area contributed by atoms with Crippen molar-refractivity contribution in [1.29, 1.82) is 0 Å². The van der Waals surface area contributed by atoms with Crippen LogP contribution in [0.5, 0.6) is 11.6 Å². The Balaban J connectivity index is 2.17. The number of ether oxygens (including phenoxy) is 2. The van der Waals surface area contributed by atoms with E-state index in [9.17, 15) is 8.42 Å². The Morgan fingerprint density at radius 1 is 1.29 bits per heavy atom. The van der Waals surface area contributed by atoms with E-state index < -0.39 is 9.05 Å². The van der Waals surface area contributed by atoms with Gasteiger partial charge in [0.1, 0.15) is 12.4 Å². The van der Waals surface area contributed by atoms with E-state index in [1.165, 1.54) is 19.2 Å². The van der Waals surface area contributed by atoms with Gasteiger partial charge >= 0.3 is 0 Å². The highest BCUT2D eigenvalue weighted by atomic mass is 35.7. The van der Waals surface area contributed by atoms with Crippen molar-refractivity contribution in [2.45, 2.75) is 18.4 Å². The molecule has 0 aliphatic carbocycles. The molecule has 2 aromatic rings. The number of nitrogens with zero attached hydrogens (tertiary/aromatic N) is 1. The molecule has 0 radical (unpaired) electrons. The Hall–Kier alpha value is -1.79. The van der Waals surface area contributed by atoms with Crippen molar-refractivity contribution < 1.29 is 17.9 Å². The number of hydrogen-bond acceptors (Lipinski definition) is 5. The van der Waals surface area contributed by atoms with Gasteiger partial charge in [-0.15, -0.1) is 0 Å². The monoisotopic (exact) mass is 327 g/mol. The summed E-state index contributed by atoms with van der Waals surface area (Å²) in [6.07, 6.45) is 1.63. The van der Waals surface area contributed by atoms with E-state index in [1.54, 1.807) is 25.3 Å². The van der Waals surface area contributed by atoms with Crippen molar-refractivity contribution in [3.63, 3.8) is 0 Å². The summed E-state index contributed by atoms with van der Waals surface area (Å²) in [6.45, 7) is 2.02. The molecule has 0 spiro atoms. The molecule has 21 heavy (non-hydrogen) atoms. The molecule has 0 aliphatic rings. The van der Waals surface area contributed by atoms with Crippen LogP contribution in [0.1, 0.15) is 11.1 Å². The van der Waals surface area contributed by atoms with E-state index in [4.69, 9.17) is 20.2 Å². The van der Waals surface area contributed by atoms with Crippen LogP contribution in [0.3, 0.4) is 0 Å². The molecule has 0 unspecified atom stereocenters. The molecular formula is C14H14ClNO4S. The van der Waals surface area contributed by atoms with Gasteiger partial charge in [-0.2, -0.15) is 0 Å². The number of benzene rings is 1. The lowest BCUT2D eigenvalue weighted by Crippen LogP contribution is -2.01. The topological polar surface area (TPSA) is 65.5 Å². The Kier molecular flexibility index (Phi) is 4.69. The number of pyridine rings is 1. The highest BCUT2D eigenvalue weighted by molar-refractivity contribution is 8.13. The van der Waals surface area contributed by atoms with Crippen molar-refractivity contribution in [1.82, 2.24) is 4.98 Å². The molecule has 1 heterocycles. The first-order chi connectivity index (χ1) is 9.91. The maximum Gasteiger partial charge on any atom is 0.261 e. The molecule has 1 aromatic heterocycles. The lowest BCUT2D eigenvalue weighted by Gasteiger charge is -2.11. The molecule has 0 saturated heterocycles. The molecule has 0 saturated carbocycles. The van der Waals surface area contributed by atoms with Crippen LogP contribution in [0.25, 0.3) is 0 Å². The minimum absolute atomic E-state index is 0.0491. The summed E-state index contributed by atoms with van der Waals surface area (Å²) < 4.78 is 33.3. The molecule has 0 N–H and O–H groups in total. The first-order valence-electron chi connectivity index (χ1n) is 6.08. The van der Waals surface area contributed by atoms with Gasteiger partial charge in [0.05, 0.1) is 17.6 Å². The van der Waals surface area contributed by atoms with Crippen LogP contribution in [0.15, 0.2) is 41.4 Å². The fourth-order valence-electron chi connectivity index (χ4n) is 1.81. The van der Waals surface area contributed by atoms with Crippen LogP contribution in [0.4, 0.5) is 0 Å². The van der Waals surface area contributed by atoms with Crippen LogP contribution in [-0.4, -0.2) is 20.5 Å². The second-order valence-corrected chi connectivity index (χ2v) is 6.89. The Bertz CT molecular complexity index is 746. The fraction of sp³-hybridized carbons (Fsp3) is 0.214.